The summed E-state index contributed by atoms with van der Waals surface area (Å²) in [6.07, 6.45) is 11.1. The van der Waals surface area contributed by atoms with Crippen LogP contribution in [0.2, 0.25) is 0 Å². The Morgan fingerprint density at radius 1 is 0.731 bits per heavy atom. The molecule has 0 aromatic carbocycles. The molecule has 26 heavy (non-hydrogen) atoms. The summed E-state index contributed by atoms with van der Waals surface area (Å²) in [6.45, 7) is 13.4. The molecular formula is C23H42N2O. The van der Waals surface area contributed by atoms with E-state index in [2.05, 4.69) is 23.6 Å². The summed E-state index contributed by atoms with van der Waals surface area (Å²) in [6, 6.07) is 0.726. The van der Waals surface area contributed by atoms with Crippen molar-refractivity contribution in [1.82, 2.24) is 9.80 Å². The van der Waals surface area contributed by atoms with Gasteiger partial charge in [-0.1, -0.05) is 27.7 Å². The van der Waals surface area contributed by atoms with Gasteiger partial charge in [-0.05, 0) is 88.1 Å². The fourth-order valence-corrected chi connectivity index (χ4v) is 5.86. The molecule has 3 fully saturated rings. The molecule has 0 atom stereocenters. The zero-order valence-corrected chi connectivity index (χ0v) is 17.8. The van der Waals surface area contributed by atoms with Crippen LogP contribution in [0.5, 0.6) is 0 Å². The van der Waals surface area contributed by atoms with Gasteiger partial charge in [0.25, 0.3) is 0 Å². The maximum Gasteiger partial charge on any atom is 0.225 e. The van der Waals surface area contributed by atoms with Crippen LogP contribution in [0.3, 0.4) is 0 Å². The number of nitrogens with zero attached hydrogens (tertiary/aromatic N) is 2. The SMILES string of the molecule is CC(C)C(=O)N1CCC(N2CCC(C3CCC(C(C)C)CC3)CC2)CC1. The van der Waals surface area contributed by atoms with Gasteiger partial charge in [0.05, 0.1) is 0 Å². The first-order chi connectivity index (χ1) is 12.5. The molecule has 2 saturated heterocycles. The Morgan fingerprint density at radius 3 is 1.77 bits per heavy atom. The predicted molar refractivity (Wildman–Crippen MR) is 109 cm³/mol. The van der Waals surface area contributed by atoms with Gasteiger partial charge in [-0.25, -0.2) is 0 Å². The smallest absolute Gasteiger partial charge is 0.225 e. The number of hydrogen-bond donors (Lipinski definition) is 0. The van der Waals surface area contributed by atoms with Crippen LogP contribution < -0.4 is 0 Å². The van der Waals surface area contributed by atoms with Gasteiger partial charge in [0, 0.05) is 25.0 Å². The normalized spacial score (nSPS) is 30.3. The summed E-state index contributed by atoms with van der Waals surface area (Å²) in [7, 11) is 0. The van der Waals surface area contributed by atoms with Crippen LogP contribution in [0.4, 0.5) is 0 Å². The topological polar surface area (TPSA) is 23.6 Å². The minimum Gasteiger partial charge on any atom is -0.342 e. The second kappa shape index (κ2) is 9.08. The average Bonchev–Trinajstić information content (AvgIpc) is 2.67. The fourth-order valence-electron chi connectivity index (χ4n) is 5.86. The highest BCUT2D eigenvalue weighted by Gasteiger charge is 2.34. The lowest BCUT2D eigenvalue weighted by Gasteiger charge is -2.44. The van der Waals surface area contributed by atoms with E-state index in [4.69, 9.17) is 0 Å². The molecule has 0 N–H and O–H groups in total. The molecule has 2 aliphatic heterocycles. The number of carbonyl (C=O) groups is 1. The van der Waals surface area contributed by atoms with Gasteiger partial charge in [-0.15, -0.1) is 0 Å². The molecule has 0 aromatic rings. The van der Waals surface area contributed by atoms with E-state index in [1.165, 1.54) is 64.5 Å². The monoisotopic (exact) mass is 362 g/mol. The Kier molecular flexibility index (Phi) is 7.05. The van der Waals surface area contributed by atoms with Crippen molar-refractivity contribution in [3.8, 4) is 0 Å². The molecule has 0 unspecified atom stereocenters. The number of piperidine rings is 2. The van der Waals surface area contributed by atoms with E-state index in [9.17, 15) is 4.79 Å². The first-order valence-corrected chi connectivity index (χ1v) is 11.5. The number of hydrogen-bond acceptors (Lipinski definition) is 2. The summed E-state index contributed by atoms with van der Waals surface area (Å²) in [5.74, 6) is 4.36. The molecule has 0 spiro atoms. The van der Waals surface area contributed by atoms with Crippen LogP contribution in [-0.2, 0) is 4.79 Å². The number of rotatable bonds is 4. The number of likely N-dealkylation sites (tertiary alicyclic amines) is 2. The molecule has 3 heteroatoms. The van der Waals surface area contributed by atoms with Gasteiger partial charge in [0.2, 0.25) is 5.91 Å². The summed E-state index contributed by atoms with van der Waals surface area (Å²) in [4.78, 5) is 17.0. The molecule has 1 amide bonds. The second-order valence-corrected chi connectivity index (χ2v) is 10.0. The van der Waals surface area contributed by atoms with Crippen LogP contribution in [0.25, 0.3) is 0 Å². The van der Waals surface area contributed by atoms with Crippen LogP contribution in [0.1, 0.15) is 79.1 Å². The number of carbonyl (C=O) groups excluding carboxylic acids is 1. The highest BCUT2D eigenvalue weighted by molar-refractivity contribution is 5.78. The fraction of sp³-hybridized carbons (Fsp3) is 0.957. The van der Waals surface area contributed by atoms with Crippen molar-refractivity contribution in [3.63, 3.8) is 0 Å². The molecule has 3 nitrogen and oxygen atoms in total. The summed E-state index contributed by atoms with van der Waals surface area (Å²) >= 11 is 0. The van der Waals surface area contributed by atoms with Gasteiger partial charge >= 0.3 is 0 Å². The van der Waals surface area contributed by atoms with E-state index in [1.807, 2.05) is 13.8 Å². The zero-order valence-electron chi connectivity index (χ0n) is 17.8. The van der Waals surface area contributed by atoms with E-state index in [0.29, 0.717) is 5.91 Å². The van der Waals surface area contributed by atoms with Crippen LogP contribution >= 0.6 is 0 Å². The molecular weight excluding hydrogens is 320 g/mol. The summed E-state index contributed by atoms with van der Waals surface area (Å²) in [5.41, 5.74) is 0. The molecule has 3 aliphatic rings. The van der Waals surface area contributed by atoms with Crippen molar-refractivity contribution in [1.29, 1.82) is 0 Å². The third kappa shape index (κ3) is 4.82. The third-order valence-corrected chi connectivity index (χ3v) is 7.79. The van der Waals surface area contributed by atoms with Gasteiger partial charge in [0.15, 0.2) is 0 Å². The standard InChI is InChI=1S/C23H42N2O/c1-17(2)19-5-7-20(8-6-19)21-9-13-24(14-10-21)22-11-15-25(16-12-22)23(26)18(3)4/h17-22H,5-16H2,1-4H3. The molecule has 0 aromatic heterocycles. The lowest BCUT2D eigenvalue weighted by molar-refractivity contribution is -0.136. The zero-order chi connectivity index (χ0) is 18.7. The highest BCUT2D eigenvalue weighted by Crippen LogP contribution is 2.40. The van der Waals surface area contributed by atoms with Gasteiger partial charge < -0.3 is 9.80 Å². The van der Waals surface area contributed by atoms with Gasteiger partial charge in [-0.3, -0.25) is 4.79 Å². The van der Waals surface area contributed by atoms with Crippen LogP contribution in [0, 0.1) is 29.6 Å². The molecule has 3 rings (SSSR count). The van der Waals surface area contributed by atoms with E-state index in [-0.39, 0.29) is 5.92 Å². The quantitative estimate of drug-likeness (QED) is 0.716. The van der Waals surface area contributed by atoms with Crippen molar-refractivity contribution in [2.24, 2.45) is 29.6 Å². The van der Waals surface area contributed by atoms with Gasteiger partial charge in [-0.2, -0.15) is 0 Å². The second-order valence-electron chi connectivity index (χ2n) is 10.0. The molecule has 1 aliphatic carbocycles. The maximum absolute atomic E-state index is 12.2. The van der Waals surface area contributed by atoms with E-state index in [1.54, 1.807) is 0 Å². The van der Waals surface area contributed by atoms with E-state index < -0.39 is 0 Å². The predicted octanol–water partition coefficient (Wildman–Crippen LogP) is 4.81. The lowest BCUT2D eigenvalue weighted by atomic mass is 9.70. The largest absolute Gasteiger partial charge is 0.342 e. The van der Waals surface area contributed by atoms with Crippen molar-refractivity contribution in [2.45, 2.75) is 85.1 Å². The summed E-state index contributed by atoms with van der Waals surface area (Å²) in [5, 5.41) is 0. The molecule has 2 heterocycles. The van der Waals surface area contributed by atoms with Crippen molar-refractivity contribution in [3.05, 3.63) is 0 Å². The van der Waals surface area contributed by atoms with E-state index >= 15 is 0 Å². The minimum atomic E-state index is 0.146. The first-order valence-electron chi connectivity index (χ1n) is 11.5. The highest BCUT2D eigenvalue weighted by atomic mass is 16.2. The Bertz CT molecular complexity index is 437. The Morgan fingerprint density at radius 2 is 1.27 bits per heavy atom. The van der Waals surface area contributed by atoms with Crippen molar-refractivity contribution >= 4 is 5.91 Å². The minimum absolute atomic E-state index is 0.146. The number of amides is 1. The van der Waals surface area contributed by atoms with Crippen LogP contribution in [-0.4, -0.2) is 47.9 Å². The maximum atomic E-state index is 12.2. The molecule has 150 valence electrons. The Labute approximate surface area is 161 Å². The molecule has 1 saturated carbocycles. The van der Waals surface area contributed by atoms with Gasteiger partial charge in [0.1, 0.15) is 0 Å². The molecule has 0 bridgehead atoms. The van der Waals surface area contributed by atoms with E-state index in [0.717, 1.165) is 42.8 Å². The lowest BCUT2D eigenvalue weighted by Crippen LogP contribution is -2.50. The Balaban J connectivity index is 1.39. The first kappa shape index (κ1) is 20.2. The summed E-state index contributed by atoms with van der Waals surface area (Å²) < 4.78 is 0. The third-order valence-electron chi connectivity index (χ3n) is 7.79. The Hall–Kier alpha value is -0.570. The van der Waals surface area contributed by atoms with Crippen molar-refractivity contribution in [2.75, 3.05) is 26.2 Å². The average molecular weight is 363 g/mol. The van der Waals surface area contributed by atoms with Crippen molar-refractivity contribution < 1.29 is 4.79 Å². The molecule has 0 radical (unpaired) electrons. The van der Waals surface area contributed by atoms with Crippen LogP contribution in [0.15, 0.2) is 0 Å².